The third-order valence-corrected chi connectivity index (χ3v) is 8.47. The van der Waals surface area contributed by atoms with Crippen molar-refractivity contribution in [3.8, 4) is 5.75 Å². The summed E-state index contributed by atoms with van der Waals surface area (Å²) in [6, 6.07) is 4.85. The lowest BCUT2D eigenvalue weighted by Gasteiger charge is -2.32. The molecule has 6 nitrogen and oxygen atoms in total. The van der Waals surface area contributed by atoms with Crippen molar-refractivity contribution in [2.24, 2.45) is 17.8 Å². The standard InChI is InChI=1S/C27H37FN2O4/c1-2-27(9-10-27)34-26(32)30-13-6-19(7-14-30)23-16-20(23)8-15-33-22-5-4-21(24(28)18-22)17-25(31)29-11-3-12-29/h4-5,18-20,23H,2-3,6-17H2,1H3/t20-,23-/m1/s1. The maximum atomic E-state index is 14.4. The predicted molar refractivity (Wildman–Crippen MR) is 126 cm³/mol. The van der Waals surface area contributed by atoms with E-state index < -0.39 is 0 Å². The van der Waals surface area contributed by atoms with Gasteiger partial charge in [-0.05, 0) is 80.8 Å². The summed E-state index contributed by atoms with van der Waals surface area (Å²) < 4.78 is 26.0. The van der Waals surface area contributed by atoms with Gasteiger partial charge in [0.05, 0.1) is 13.0 Å². The molecule has 2 amide bonds. The van der Waals surface area contributed by atoms with E-state index in [1.165, 1.54) is 12.5 Å². The summed E-state index contributed by atoms with van der Waals surface area (Å²) in [5, 5.41) is 0. The number of carbonyl (C=O) groups excluding carboxylic acids is 2. The van der Waals surface area contributed by atoms with E-state index in [4.69, 9.17) is 9.47 Å². The maximum Gasteiger partial charge on any atom is 0.410 e. The van der Waals surface area contributed by atoms with Gasteiger partial charge in [-0.3, -0.25) is 4.79 Å². The summed E-state index contributed by atoms with van der Waals surface area (Å²) in [5.41, 5.74) is 0.272. The molecular weight excluding hydrogens is 435 g/mol. The van der Waals surface area contributed by atoms with Crippen LogP contribution in [0.1, 0.15) is 63.9 Å². The molecule has 0 aromatic heterocycles. The molecule has 1 aromatic rings. The van der Waals surface area contributed by atoms with Gasteiger partial charge in [0, 0.05) is 32.2 Å². The van der Waals surface area contributed by atoms with Crippen molar-refractivity contribution in [3.05, 3.63) is 29.6 Å². The Morgan fingerprint density at radius 2 is 1.88 bits per heavy atom. The fourth-order valence-electron chi connectivity index (χ4n) is 5.54. The molecule has 186 valence electrons. The Labute approximate surface area is 201 Å². The van der Waals surface area contributed by atoms with E-state index in [2.05, 4.69) is 6.92 Å². The van der Waals surface area contributed by atoms with Gasteiger partial charge >= 0.3 is 6.09 Å². The second-order valence-corrected chi connectivity index (χ2v) is 10.7. The van der Waals surface area contributed by atoms with E-state index in [0.717, 1.165) is 77.0 Å². The highest BCUT2D eigenvalue weighted by atomic mass is 19.1. The van der Waals surface area contributed by atoms with Gasteiger partial charge in [-0.25, -0.2) is 9.18 Å². The Kier molecular flexibility index (Phi) is 6.72. The molecule has 0 unspecified atom stereocenters. The lowest BCUT2D eigenvalue weighted by Crippen LogP contribution is -2.42. The molecule has 7 heteroatoms. The summed E-state index contributed by atoms with van der Waals surface area (Å²) in [5.74, 6) is 2.22. The molecule has 4 aliphatic rings. The molecule has 2 aliphatic carbocycles. The number of hydrogen-bond donors (Lipinski definition) is 0. The van der Waals surface area contributed by atoms with E-state index in [9.17, 15) is 14.0 Å². The highest BCUT2D eigenvalue weighted by Gasteiger charge is 2.47. The van der Waals surface area contributed by atoms with Crippen LogP contribution in [0.5, 0.6) is 5.75 Å². The van der Waals surface area contributed by atoms with Crippen LogP contribution in [0.15, 0.2) is 18.2 Å². The third kappa shape index (κ3) is 5.33. The first kappa shape index (κ1) is 23.4. The zero-order valence-corrected chi connectivity index (χ0v) is 20.3. The van der Waals surface area contributed by atoms with E-state index in [-0.39, 0.29) is 29.8 Å². The lowest BCUT2D eigenvalue weighted by atomic mass is 9.91. The number of rotatable bonds is 9. The predicted octanol–water partition coefficient (Wildman–Crippen LogP) is 4.80. The molecule has 34 heavy (non-hydrogen) atoms. The highest BCUT2D eigenvalue weighted by molar-refractivity contribution is 5.79. The first-order chi connectivity index (χ1) is 16.5. The molecule has 2 heterocycles. The minimum Gasteiger partial charge on any atom is -0.493 e. The van der Waals surface area contributed by atoms with Gasteiger partial charge in [0.2, 0.25) is 5.91 Å². The number of nitrogens with zero attached hydrogens (tertiary/aromatic N) is 2. The molecule has 0 spiro atoms. The van der Waals surface area contributed by atoms with Crippen LogP contribution in [-0.4, -0.2) is 60.2 Å². The van der Waals surface area contributed by atoms with Crippen LogP contribution in [0.4, 0.5) is 9.18 Å². The lowest BCUT2D eigenvalue weighted by molar-refractivity contribution is -0.133. The third-order valence-electron chi connectivity index (χ3n) is 8.47. The number of ether oxygens (including phenoxy) is 2. The van der Waals surface area contributed by atoms with Gasteiger partial charge in [-0.1, -0.05) is 13.0 Å². The second-order valence-electron chi connectivity index (χ2n) is 10.7. The second kappa shape index (κ2) is 9.74. The summed E-state index contributed by atoms with van der Waals surface area (Å²) in [4.78, 5) is 28.2. The molecule has 0 bridgehead atoms. The van der Waals surface area contributed by atoms with Crippen molar-refractivity contribution in [2.75, 3.05) is 32.8 Å². The summed E-state index contributed by atoms with van der Waals surface area (Å²) in [6.07, 6.45) is 8.27. The Balaban J connectivity index is 0.995. The fourth-order valence-corrected chi connectivity index (χ4v) is 5.54. The van der Waals surface area contributed by atoms with Crippen LogP contribution in [-0.2, 0) is 16.0 Å². The normalized spacial score (nSPS) is 25.5. The average Bonchev–Trinajstić information content (AvgIpc) is 3.71. The summed E-state index contributed by atoms with van der Waals surface area (Å²) in [7, 11) is 0. The van der Waals surface area contributed by atoms with E-state index >= 15 is 0 Å². The van der Waals surface area contributed by atoms with Crippen molar-refractivity contribution in [2.45, 2.75) is 70.3 Å². The first-order valence-corrected chi connectivity index (χ1v) is 13.1. The maximum absolute atomic E-state index is 14.4. The summed E-state index contributed by atoms with van der Waals surface area (Å²) in [6.45, 7) is 5.84. The van der Waals surface area contributed by atoms with Crippen molar-refractivity contribution < 1.29 is 23.5 Å². The number of halogens is 1. The van der Waals surface area contributed by atoms with E-state index in [1.807, 2.05) is 4.90 Å². The van der Waals surface area contributed by atoms with Crippen molar-refractivity contribution >= 4 is 12.0 Å². The average molecular weight is 473 g/mol. The number of hydrogen-bond acceptors (Lipinski definition) is 4. The molecule has 0 radical (unpaired) electrons. The van der Waals surface area contributed by atoms with Gasteiger partial charge in [0.15, 0.2) is 0 Å². The van der Waals surface area contributed by atoms with Crippen molar-refractivity contribution in [1.82, 2.24) is 9.80 Å². The van der Waals surface area contributed by atoms with Crippen LogP contribution in [0, 0.1) is 23.6 Å². The van der Waals surface area contributed by atoms with Crippen LogP contribution in [0.2, 0.25) is 0 Å². The molecule has 5 rings (SSSR count). The first-order valence-electron chi connectivity index (χ1n) is 13.1. The SMILES string of the molecule is CCC1(OC(=O)N2CCC([C@H]3C[C@H]3CCOc3ccc(CC(=O)N4CCC4)c(F)c3)CC2)CC1. The molecule has 2 saturated carbocycles. The van der Waals surface area contributed by atoms with Crippen LogP contribution in [0.3, 0.4) is 0 Å². The highest BCUT2D eigenvalue weighted by Crippen LogP contribution is 2.50. The van der Waals surface area contributed by atoms with Crippen LogP contribution in [0.25, 0.3) is 0 Å². The minimum absolute atomic E-state index is 0.00545. The number of amides is 2. The number of benzene rings is 1. The smallest absolute Gasteiger partial charge is 0.410 e. The quantitative estimate of drug-likeness (QED) is 0.518. The minimum atomic E-state index is -0.368. The van der Waals surface area contributed by atoms with Crippen molar-refractivity contribution in [1.29, 1.82) is 0 Å². The van der Waals surface area contributed by atoms with E-state index in [0.29, 0.717) is 29.8 Å². The molecule has 2 atom stereocenters. The monoisotopic (exact) mass is 472 g/mol. The van der Waals surface area contributed by atoms with E-state index in [1.54, 1.807) is 17.0 Å². The van der Waals surface area contributed by atoms with Crippen LogP contribution < -0.4 is 4.74 Å². The Bertz CT molecular complexity index is 906. The van der Waals surface area contributed by atoms with Gasteiger partial charge in [-0.15, -0.1) is 0 Å². The molecule has 2 saturated heterocycles. The van der Waals surface area contributed by atoms with Crippen molar-refractivity contribution in [3.63, 3.8) is 0 Å². The Morgan fingerprint density at radius 1 is 1.12 bits per heavy atom. The van der Waals surface area contributed by atoms with Gasteiger partial charge in [0.25, 0.3) is 0 Å². The molecular formula is C27H37FN2O4. The molecule has 2 aliphatic heterocycles. The zero-order valence-electron chi connectivity index (χ0n) is 20.3. The molecule has 0 N–H and O–H groups in total. The molecule has 1 aromatic carbocycles. The van der Waals surface area contributed by atoms with Gasteiger partial charge in [-0.2, -0.15) is 0 Å². The Hall–Kier alpha value is -2.31. The fraction of sp³-hybridized carbons (Fsp3) is 0.704. The van der Waals surface area contributed by atoms with Gasteiger partial charge in [0.1, 0.15) is 17.2 Å². The zero-order chi connectivity index (χ0) is 23.7. The number of piperidine rings is 1. The van der Waals surface area contributed by atoms with Gasteiger partial charge < -0.3 is 19.3 Å². The topological polar surface area (TPSA) is 59.1 Å². The Morgan fingerprint density at radius 3 is 2.50 bits per heavy atom. The molecule has 4 fully saturated rings. The number of carbonyl (C=O) groups is 2. The number of likely N-dealkylation sites (tertiary alicyclic amines) is 2. The van der Waals surface area contributed by atoms with Crippen LogP contribution >= 0.6 is 0 Å². The summed E-state index contributed by atoms with van der Waals surface area (Å²) >= 11 is 0. The largest absolute Gasteiger partial charge is 0.493 e.